The molecule has 0 aliphatic carbocycles. The standard InChI is InChI=1S/C30H30F2N2O4/c1-17(19-11-14-23(31)24(32)16-19)33-25(18-9-12-22(37-5)13-10-18)20-7-6-8-21(15-20)34-26-27(35)28(36)29(26)38-30(2,3)4/h6-17,25,33-34H,1-5H3/t17-,25?/m1/s1. The van der Waals surface area contributed by atoms with Gasteiger partial charge < -0.3 is 14.8 Å². The van der Waals surface area contributed by atoms with Crippen LogP contribution in [0.5, 0.6) is 11.5 Å². The van der Waals surface area contributed by atoms with Gasteiger partial charge in [0.1, 0.15) is 17.0 Å². The number of hydrogen-bond acceptors (Lipinski definition) is 6. The number of anilines is 2. The highest BCUT2D eigenvalue weighted by Crippen LogP contribution is 2.31. The zero-order valence-electron chi connectivity index (χ0n) is 21.9. The van der Waals surface area contributed by atoms with Gasteiger partial charge in [0.15, 0.2) is 17.4 Å². The quantitative estimate of drug-likeness (QED) is 0.267. The normalized spacial score (nSPS) is 13.2. The Bertz CT molecular complexity index is 1500. The molecule has 2 N–H and O–H groups in total. The Morgan fingerprint density at radius 3 is 2.13 bits per heavy atom. The number of ether oxygens (including phenoxy) is 2. The van der Waals surface area contributed by atoms with Gasteiger partial charge in [-0.05, 0) is 80.8 Å². The molecular weight excluding hydrogens is 490 g/mol. The number of nitrogens with one attached hydrogen (secondary N) is 2. The minimum atomic E-state index is -0.912. The van der Waals surface area contributed by atoms with E-state index in [2.05, 4.69) is 10.6 Å². The molecule has 0 radical (unpaired) electrons. The van der Waals surface area contributed by atoms with Gasteiger partial charge in [-0.2, -0.15) is 0 Å². The Morgan fingerprint density at radius 2 is 1.50 bits per heavy atom. The molecule has 38 heavy (non-hydrogen) atoms. The average Bonchev–Trinajstić information content (AvgIpc) is 2.90. The first kappa shape index (κ1) is 27.0. The molecule has 8 heteroatoms. The van der Waals surface area contributed by atoms with Gasteiger partial charge in [0.05, 0.1) is 13.2 Å². The van der Waals surface area contributed by atoms with Crippen LogP contribution in [0.2, 0.25) is 0 Å². The van der Waals surface area contributed by atoms with Crippen LogP contribution in [-0.4, -0.2) is 12.7 Å². The van der Waals surface area contributed by atoms with Gasteiger partial charge >= 0.3 is 0 Å². The van der Waals surface area contributed by atoms with Crippen molar-refractivity contribution in [2.45, 2.75) is 45.4 Å². The molecule has 0 aromatic heterocycles. The molecule has 2 atom stereocenters. The number of halogens is 2. The first-order valence-corrected chi connectivity index (χ1v) is 12.2. The van der Waals surface area contributed by atoms with E-state index in [1.165, 1.54) is 6.07 Å². The van der Waals surface area contributed by atoms with Crippen LogP contribution in [0.3, 0.4) is 0 Å². The number of benzene rings is 3. The Morgan fingerprint density at radius 1 is 0.816 bits per heavy atom. The van der Waals surface area contributed by atoms with Crippen molar-refractivity contribution in [1.82, 2.24) is 5.32 Å². The summed E-state index contributed by atoms with van der Waals surface area (Å²) in [6, 6.07) is 18.0. The lowest BCUT2D eigenvalue weighted by atomic mass is 9.96. The molecule has 0 amide bonds. The summed E-state index contributed by atoms with van der Waals surface area (Å²) >= 11 is 0. The highest BCUT2D eigenvalue weighted by molar-refractivity contribution is 5.70. The van der Waals surface area contributed by atoms with Crippen LogP contribution in [0.25, 0.3) is 0 Å². The van der Waals surface area contributed by atoms with Crippen molar-refractivity contribution >= 4 is 11.4 Å². The van der Waals surface area contributed by atoms with Crippen molar-refractivity contribution in [2.24, 2.45) is 0 Å². The maximum Gasteiger partial charge on any atom is 0.272 e. The van der Waals surface area contributed by atoms with Crippen molar-refractivity contribution in [3.63, 3.8) is 0 Å². The number of rotatable bonds is 9. The predicted octanol–water partition coefficient (Wildman–Crippen LogP) is 5.93. The molecule has 1 unspecified atom stereocenters. The number of methoxy groups -OCH3 is 1. The van der Waals surface area contributed by atoms with Crippen LogP contribution in [-0.2, 0) is 0 Å². The molecule has 4 aromatic carbocycles. The Hall–Kier alpha value is -4.04. The molecule has 0 aliphatic heterocycles. The second kappa shape index (κ2) is 10.8. The second-order valence-electron chi connectivity index (χ2n) is 10.1. The van der Waals surface area contributed by atoms with E-state index in [1.54, 1.807) is 40.0 Å². The summed E-state index contributed by atoms with van der Waals surface area (Å²) in [4.78, 5) is 24.4. The van der Waals surface area contributed by atoms with Crippen molar-refractivity contribution in [2.75, 3.05) is 12.4 Å². The molecule has 0 spiro atoms. The van der Waals surface area contributed by atoms with E-state index >= 15 is 0 Å². The minimum Gasteiger partial charge on any atom is -0.497 e. The van der Waals surface area contributed by atoms with Crippen molar-refractivity contribution < 1.29 is 18.3 Å². The summed E-state index contributed by atoms with van der Waals surface area (Å²) < 4.78 is 38.4. The summed E-state index contributed by atoms with van der Waals surface area (Å²) in [6.07, 6.45) is 0. The lowest BCUT2D eigenvalue weighted by Crippen LogP contribution is -2.39. The van der Waals surface area contributed by atoms with Crippen molar-refractivity contribution in [3.05, 3.63) is 116 Å². The zero-order valence-corrected chi connectivity index (χ0v) is 21.9. The van der Waals surface area contributed by atoms with E-state index in [0.29, 0.717) is 17.0 Å². The highest BCUT2D eigenvalue weighted by atomic mass is 19.2. The van der Waals surface area contributed by atoms with Gasteiger partial charge in [-0.1, -0.05) is 30.3 Å². The molecule has 0 saturated carbocycles. The van der Waals surface area contributed by atoms with Gasteiger partial charge in [-0.15, -0.1) is 0 Å². The highest BCUT2D eigenvalue weighted by Gasteiger charge is 2.27. The summed E-state index contributed by atoms with van der Waals surface area (Å²) in [7, 11) is 1.59. The Balaban J connectivity index is 1.67. The number of hydrogen-bond donors (Lipinski definition) is 2. The first-order chi connectivity index (χ1) is 18.0. The van der Waals surface area contributed by atoms with Crippen molar-refractivity contribution in [3.8, 4) is 11.5 Å². The van der Waals surface area contributed by atoms with Crippen LogP contribution >= 0.6 is 0 Å². The van der Waals surface area contributed by atoms with E-state index < -0.39 is 28.1 Å². The first-order valence-electron chi connectivity index (χ1n) is 12.2. The molecule has 0 fully saturated rings. The lowest BCUT2D eigenvalue weighted by Gasteiger charge is -2.26. The van der Waals surface area contributed by atoms with Gasteiger partial charge in [-0.25, -0.2) is 8.78 Å². The molecule has 0 saturated heterocycles. The Kier molecular flexibility index (Phi) is 7.64. The third-order valence-corrected chi connectivity index (χ3v) is 6.07. The minimum absolute atomic E-state index is 0.0182. The van der Waals surface area contributed by atoms with Gasteiger partial charge in [-0.3, -0.25) is 14.9 Å². The lowest BCUT2D eigenvalue weighted by molar-refractivity contribution is 0.128. The monoisotopic (exact) mass is 520 g/mol. The third-order valence-electron chi connectivity index (χ3n) is 6.07. The fourth-order valence-electron chi connectivity index (χ4n) is 4.14. The van der Waals surface area contributed by atoms with Gasteiger partial charge in [0.25, 0.3) is 10.9 Å². The molecule has 6 nitrogen and oxygen atoms in total. The van der Waals surface area contributed by atoms with Crippen LogP contribution < -0.4 is 31.0 Å². The summed E-state index contributed by atoms with van der Waals surface area (Å²) in [6.45, 7) is 7.26. The largest absolute Gasteiger partial charge is 0.497 e. The maximum atomic E-state index is 13.9. The molecule has 198 valence electrons. The smallest absolute Gasteiger partial charge is 0.272 e. The predicted molar refractivity (Wildman–Crippen MR) is 144 cm³/mol. The van der Waals surface area contributed by atoms with Crippen LogP contribution in [0.1, 0.15) is 56.5 Å². The van der Waals surface area contributed by atoms with Crippen LogP contribution in [0, 0.1) is 11.6 Å². The average molecular weight is 521 g/mol. The zero-order chi connectivity index (χ0) is 27.6. The van der Waals surface area contributed by atoms with Crippen LogP contribution in [0.4, 0.5) is 20.2 Å². The Labute approximate surface area is 219 Å². The topological polar surface area (TPSA) is 76.7 Å². The van der Waals surface area contributed by atoms with Crippen molar-refractivity contribution in [1.29, 1.82) is 0 Å². The molecule has 0 bridgehead atoms. The van der Waals surface area contributed by atoms with E-state index in [-0.39, 0.29) is 23.5 Å². The second-order valence-corrected chi connectivity index (χ2v) is 10.1. The third kappa shape index (κ3) is 5.92. The van der Waals surface area contributed by atoms with Crippen LogP contribution in [0.15, 0.2) is 76.3 Å². The summed E-state index contributed by atoms with van der Waals surface area (Å²) in [5.41, 5.74) is 1.11. The van der Waals surface area contributed by atoms with E-state index in [0.717, 1.165) is 17.2 Å². The molecule has 0 aliphatic rings. The van der Waals surface area contributed by atoms with E-state index in [9.17, 15) is 18.4 Å². The molecule has 4 aromatic rings. The van der Waals surface area contributed by atoms with Gasteiger partial charge in [0.2, 0.25) is 0 Å². The van der Waals surface area contributed by atoms with E-state index in [1.807, 2.05) is 49.4 Å². The van der Waals surface area contributed by atoms with Gasteiger partial charge in [0, 0.05) is 11.7 Å². The molecular formula is C30H30F2N2O4. The fraction of sp³-hybridized carbons (Fsp3) is 0.267. The SMILES string of the molecule is COc1ccc(C(N[C@H](C)c2ccc(F)c(F)c2)c2cccc(Nc3c(OC(C)(C)C)c(=O)c3=O)c2)cc1. The summed E-state index contributed by atoms with van der Waals surface area (Å²) in [5.74, 6) is -1.10. The van der Waals surface area contributed by atoms with E-state index in [4.69, 9.17) is 9.47 Å². The maximum absolute atomic E-state index is 13.9. The molecule has 4 rings (SSSR count). The fourth-order valence-corrected chi connectivity index (χ4v) is 4.14. The molecule has 0 heterocycles. The summed E-state index contributed by atoms with van der Waals surface area (Å²) in [5, 5.41) is 6.54.